The zero-order valence-corrected chi connectivity index (χ0v) is 23.5. The number of unbranched alkanes of at least 4 members (excludes halogenated alkanes) is 2. The molecule has 1 heterocycles. The topological polar surface area (TPSA) is 59.1 Å². The maximum absolute atomic E-state index is 13.3. The highest BCUT2D eigenvalue weighted by molar-refractivity contribution is 5.76. The summed E-state index contributed by atoms with van der Waals surface area (Å²) >= 11 is 0. The van der Waals surface area contributed by atoms with Crippen LogP contribution in [-0.2, 0) is 26.2 Å². The van der Waals surface area contributed by atoms with Crippen LogP contribution in [0.2, 0.25) is 0 Å². The molecule has 1 saturated carbocycles. The van der Waals surface area contributed by atoms with Crippen LogP contribution in [-0.4, -0.2) is 68.1 Å². The van der Waals surface area contributed by atoms with Crippen LogP contribution in [0.5, 0.6) is 5.75 Å². The molecular weight excluding hydrogens is 476 g/mol. The van der Waals surface area contributed by atoms with Gasteiger partial charge in [0.25, 0.3) is 0 Å². The van der Waals surface area contributed by atoms with E-state index in [-0.39, 0.29) is 35.4 Å². The van der Waals surface area contributed by atoms with E-state index in [0.717, 1.165) is 57.4 Å². The number of aryl methyl sites for hydroxylation is 1. The van der Waals surface area contributed by atoms with Crippen molar-refractivity contribution >= 4 is 11.9 Å². The highest BCUT2D eigenvalue weighted by Crippen LogP contribution is 2.51. The fourth-order valence-corrected chi connectivity index (χ4v) is 6.69. The third-order valence-corrected chi connectivity index (χ3v) is 8.81. The van der Waals surface area contributed by atoms with Gasteiger partial charge in [-0.3, -0.25) is 9.59 Å². The first-order chi connectivity index (χ1) is 18.3. The maximum Gasteiger partial charge on any atom is 0.302 e. The average molecular weight is 521 g/mol. The molecule has 1 saturated heterocycles. The summed E-state index contributed by atoms with van der Waals surface area (Å²) in [5.41, 5.74) is 2.39. The molecule has 38 heavy (non-hydrogen) atoms. The third kappa shape index (κ3) is 6.58. The van der Waals surface area contributed by atoms with Crippen molar-refractivity contribution in [3.8, 4) is 5.75 Å². The number of carbonyl (C=O) groups excluding carboxylic acids is 2. The van der Waals surface area contributed by atoms with Gasteiger partial charge < -0.3 is 19.3 Å². The molecule has 4 unspecified atom stereocenters. The number of esters is 1. The van der Waals surface area contributed by atoms with Gasteiger partial charge in [0.1, 0.15) is 11.9 Å². The predicted molar refractivity (Wildman–Crippen MR) is 150 cm³/mol. The summed E-state index contributed by atoms with van der Waals surface area (Å²) in [6.45, 7) is 3.32. The first-order valence-corrected chi connectivity index (χ1v) is 14.1. The van der Waals surface area contributed by atoms with E-state index in [1.807, 2.05) is 30.1 Å². The van der Waals surface area contributed by atoms with E-state index in [0.29, 0.717) is 12.8 Å². The van der Waals surface area contributed by atoms with Crippen LogP contribution in [0.1, 0.15) is 63.0 Å². The number of carbonyl (C=O) groups is 2. The summed E-state index contributed by atoms with van der Waals surface area (Å²) in [4.78, 5) is 29.8. The largest absolute Gasteiger partial charge is 0.497 e. The second kappa shape index (κ2) is 12.8. The molecule has 0 spiro atoms. The van der Waals surface area contributed by atoms with Gasteiger partial charge in [-0.25, -0.2) is 0 Å². The van der Waals surface area contributed by atoms with Crippen LogP contribution in [0.25, 0.3) is 0 Å². The summed E-state index contributed by atoms with van der Waals surface area (Å²) < 4.78 is 11.6. The number of hydrogen-bond acceptors (Lipinski definition) is 5. The number of methoxy groups -OCH3 is 1. The molecule has 0 N–H and O–H groups in total. The molecule has 0 bridgehead atoms. The second-order valence-corrected chi connectivity index (χ2v) is 11.3. The molecule has 4 rings (SSSR count). The summed E-state index contributed by atoms with van der Waals surface area (Å²) in [5.74, 6) is 0.926. The Bertz CT molecular complexity index is 1070. The molecule has 206 valence electrons. The summed E-state index contributed by atoms with van der Waals surface area (Å²) in [6.07, 6.45) is 6.90. The lowest BCUT2D eigenvalue weighted by molar-refractivity contribution is -0.160. The Morgan fingerprint density at radius 1 is 1.08 bits per heavy atom. The standard InChI is InChI=1S/C32H44N2O4/c1-24(35)38-30-21-27(34(3)31(36)17-10-6-9-14-25-12-7-5-8-13-25)22-32(18-19-33(2)23-29(30)32)26-15-11-16-28(20-26)37-4/h5,7-8,11-13,15-16,20,27,29-30H,6,9-10,14,17-19,21-23H2,1-4H3. The van der Waals surface area contributed by atoms with Gasteiger partial charge in [-0.1, -0.05) is 48.9 Å². The monoisotopic (exact) mass is 520 g/mol. The Morgan fingerprint density at radius 2 is 1.87 bits per heavy atom. The summed E-state index contributed by atoms with van der Waals surface area (Å²) in [5, 5.41) is 0. The zero-order chi connectivity index (χ0) is 27.1. The molecule has 4 atom stereocenters. The van der Waals surface area contributed by atoms with Crippen LogP contribution in [0, 0.1) is 5.92 Å². The Kier molecular flexibility index (Phi) is 9.48. The number of amides is 1. The summed E-state index contributed by atoms with van der Waals surface area (Å²) in [7, 11) is 5.77. The van der Waals surface area contributed by atoms with Gasteiger partial charge in [-0.2, -0.15) is 0 Å². The van der Waals surface area contributed by atoms with Gasteiger partial charge in [0.15, 0.2) is 0 Å². The lowest BCUT2D eigenvalue weighted by Gasteiger charge is -2.56. The Morgan fingerprint density at radius 3 is 2.61 bits per heavy atom. The van der Waals surface area contributed by atoms with Crippen molar-refractivity contribution in [3.63, 3.8) is 0 Å². The predicted octanol–water partition coefficient (Wildman–Crippen LogP) is 5.24. The zero-order valence-electron chi connectivity index (χ0n) is 23.5. The number of ether oxygens (including phenoxy) is 2. The van der Waals surface area contributed by atoms with E-state index >= 15 is 0 Å². The molecule has 1 aliphatic carbocycles. The maximum atomic E-state index is 13.3. The van der Waals surface area contributed by atoms with Gasteiger partial charge in [0, 0.05) is 50.7 Å². The summed E-state index contributed by atoms with van der Waals surface area (Å²) in [6, 6.07) is 18.9. The Hall–Kier alpha value is -2.86. The van der Waals surface area contributed by atoms with Gasteiger partial charge >= 0.3 is 5.97 Å². The fraction of sp³-hybridized carbons (Fsp3) is 0.562. The van der Waals surface area contributed by atoms with E-state index in [1.54, 1.807) is 7.11 Å². The normalized spacial score (nSPS) is 25.3. The molecular formula is C32H44N2O4. The van der Waals surface area contributed by atoms with E-state index < -0.39 is 0 Å². The molecule has 0 radical (unpaired) electrons. The minimum Gasteiger partial charge on any atom is -0.497 e. The van der Waals surface area contributed by atoms with Crippen molar-refractivity contribution in [2.45, 2.75) is 75.9 Å². The Labute approximate surface area is 228 Å². The van der Waals surface area contributed by atoms with Crippen LogP contribution in [0.15, 0.2) is 54.6 Å². The number of rotatable bonds is 10. The molecule has 1 amide bonds. The van der Waals surface area contributed by atoms with Gasteiger partial charge in [-0.15, -0.1) is 0 Å². The molecule has 6 nitrogen and oxygen atoms in total. The number of benzene rings is 2. The number of piperidine rings is 1. The van der Waals surface area contributed by atoms with Crippen molar-refractivity contribution in [1.82, 2.24) is 9.80 Å². The van der Waals surface area contributed by atoms with Crippen molar-refractivity contribution in [3.05, 3.63) is 65.7 Å². The third-order valence-electron chi connectivity index (χ3n) is 8.81. The van der Waals surface area contributed by atoms with Crippen molar-refractivity contribution in [2.75, 3.05) is 34.3 Å². The minimum atomic E-state index is -0.254. The molecule has 0 aromatic heterocycles. The lowest BCUT2D eigenvalue weighted by Crippen LogP contribution is -2.61. The number of nitrogens with zero attached hydrogens (tertiary/aromatic N) is 2. The highest BCUT2D eigenvalue weighted by atomic mass is 16.5. The van der Waals surface area contributed by atoms with Gasteiger partial charge in [0.2, 0.25) is 5.91 Å². The first-order valence-electron chi connectivity index (χ1n) is 14.1. The average Bonchev–Trinajstić information content (AvgIpc) is 2.93. The number of likely N-dealkylation sites (tertiary alicyclic amines) is 1. The molecule has 2 aromatic carbocycles. The van der Waals surface area contributed by atoms with Crippen LogP contribution in [0.3, 0.4) is 0 Å². The quantitative estimate of drug-likeness (QED) is 0.317. The highest BCUT2D eigenvalue weighted by Gasteiger charge is 2.54. The van der Waals surface area contributed by atoms with Gasteiger partial charge in [-0.05, 0) is 69.0 Å². The molecule has 2 aliphatic rings. The van der Waals surface area contributed by atoms with Crippen molar-refractivity contribution in [1.29, 1.82) is 0 Å². The van der Waals surface area contributed by atoms with E-state index in [9.17, 15) is 9.59 Å². The number of fused-ring (bicyclic) bond motifs is 1. The lowest BCUT2D eigenvalue weighted by atomic mass is 9.56. The van der Waals surface area contributed by atoms with E-state index in [2.05, 4.69) is 48.3 Å². The van der Waals surface area contributed by atoms with Crippen LogP contribution in [0.4, 0.5) is 0 Å². The molecule has 1 aliphatic heterocycles. The second-order valence-electron chi connectivity index (χ2n) is 11.3. The van der Waals surface area contributed by atoms with E-state index in [1.165, 1.54) is 18.1 Å². The molecule has 2 aromatic rings. The van der Waals surface area contributed by atoms with Crippen molar-refractivity contribution < 1.29 is 19.1 Å². The number of hydrogen-bond donors (Lipinski definition) is 0. The van der Waals surface area contributed by atoms with Crippen molar-refractivity contribution in [2.24, 2.45) is 5.92 Å². The SMILES string of the molecule is COc1cccc(C23CCN(C)CC2C(OC(C)=O)CC(N(C)C(=O)CCCCCc2ccccc2)C3)c1. The van der Waals surface area contributed by atoms with E-state index in [4.69, 9.17) is 9.47 Å². The minimum absolute atomic E-state index is 0.0158. The first kappa shape index (κ1) is 28.2. The smallest absolute Gasteiger partial charge is 0.302 e. The van der Waals surface area contributed by atoms with Crippen LogP contribution < -0.4 is 4.74 Å². The molecule has 2 fully saturated rings. The van der Waals surface area contributed by atoms with Crippen LogP contribution >= 0.6 is 0 Å². The fourth-order valence-electron chi connectivity index (χ4n) is 6.69. The Balaban J connectivity index is 1.48. The van der Waals surface area contributed by atoms with Gasteiger partial charge in [0.05, 0.1) is 7.11 Å². The molecule has 6 heteroatoms.